The highest BCUT2D eigenvalue weighted by Crippen LogP contribution is 2.63. The van der Waals surface area contributed by atoms with Crippen LogP contribution in [0.25, 0.3) is 0 Å². The third-order valence-corrected chi connectivity index (χ3v) is 6.00. The molecule has 2 N–H and O–H groups in total. The third-order valence-electron chi connectivity index (χ3n) is 6.00. The van der Waals surface area contributed by atoms with Gasteiger partial charge >= 0.3 is 0 Å². The van der Waals surface area contributed by atoms with Crippen LogP contribution >= 0.6 is 0 Å². The second kappa shape index (κ2) is 3.23. The summed E-state index contributed by atoms with van der Waals surface area (Å²) >= 11 is 0. The van der Waals surface area contributed by atoms with Crippen LogP contribution in [0.4, 0.5) is 0 Å². The molecule has 96 valence electrons. The maximum Gasteiger partial charge on any atom is 0.0672 e. The van der Waals surface area contributed by atoms with Crippen LogP contribution in [-0.2, 0) is 0 Å². The molecule has 0 amide bonds. The summed E-state index contributed by atoms with van der Waals surface area (Å²) in [5.74, 6) is 0. The van der Waals surface area contributed by atoms with Crippen LogP contribution in [0.5, 0.6) is 0 Å². The van der Waals surface area contributed by atoms with Gasteiger partial charge in [-0.25, -0.2) is 0 Å². The summed E-state index contributed by atoms with van der Waals surface area (Å²) in [6.45, 7) is 16.6. The van der Waals surface area contributed by atoms with Crippen molar-refractivity contribution in [1.29, 1.82) is 0 Å². The van der Waals surface area contributed by atoms with Gasteiger partial charge in [-0.3, -0.25) is 0 Å². The predicted octanol–water partition coefficient (Wildman–Crippen LogP) is 2.83. The standard InChI is InChI=1S/C14H28O2/c1-11(2)9(15)12(3,4)14(7,8)13(5,6)10(11)16/h9-10,15-16H,1-8H3. The van der Waals surface area contributed by atoms with Gasteiger partial charge in [-0.05, 0) is 16.2 Å². The van der Waals surface area contributed by atoms with Crippen LogP contribution in [0.2, 0.25) is 0 Å². The van der Waals surface area contributed by atoms with Gasteiger partial charge in [-0.2, -0.15) is 0 Å². The number of rotatable bonds is 0. The van der Waals surface area contributed by atoms with Crippen molar-refractivity contribution in [3.8, 4) is 0 Å². The fourth-order valence-corrected chi connectivity index (χ4v) is 3.52. The summed E-state index contributed by atoms with van der Waals surface area (Å²) in [4.78, 5) is 0. The molecule has 0 aromatic heterocycles. The summed E-state index contributed by atoms with van der Waals surface area (Å²) in [5, 5.41) is 21.1. The van der Waals surface area contributed by atoms with Gasteiger partial charge in [0.15, 0.2) is 0 Å². The lowest BCUT2D eigenvalue weighted by molar-refractivity contribution is -0.258. The zero-order valence-corrected chi connectivity index (χ0v) is 12.0. The van der Waals surface area contributed by atoms with Crippen LogP contribution in [0.15, 0.2) is 0 Å². The minimum Gasteiger partial charge on any atom is -0.392 e. The van der Waals surface area contributed by atoms with Crippen molar-refractivity contribution in [2.45, 2.75) is 67.6 Å². The smallest absolute Gasteiger partial charge is 0.0672 e. The maximum absolute atomic E-state index is 10.5. The summed E-state index contributed by atoms with van der Waals surface area (Å²) in [6, 6.07) is 0. The average molecular weight is 228 g/mol. The van der Waals surface area contributed by atoms with Gasteiger partial charge in [0.1, 0.15) is 0 Å². The van der Waals surface area contributed by atoms with Crippen molar-refractivity contribution >= 4 is 0 Å². The highest BCUT2D eigenvalue weighted by molar-refractivity contribution is 5.13. The van der Waals surface area contributed by atoms with Crippen LogP contribution in [0.3, 0.4) is 0 Å². The normalized spacial score (nSPS) is 39.4. The molecule has 1 aliphatic rings. The summed E-state index contributed by atoms with van der Waals surface area (Å²) in [5.41, 5.74) is -1.05. The first-order valence-corrected chi connectivity index (χ1v) is 6.17. The van der Waals surface area contributed by atoms with Crippen molar-refractivity contribution < 1.29 is 10.2 Å². The Morgan fingerprint density at radius 3 is 1.12 bits per heavy atom. The largest absolute Gasteiger partial charge is 0.392 e. The quantitative estimate of drug-likeness (QED) is 0.669. The van der Waals surface area contributed by atoms with Gasteiger partial charge in [0.2, 0.25) is 0 Å². The first-order chi connectivity index (χ1) is 6.81. The Balaban J connectivity index is 3.40. The van der Waals surface area contributed by atoms with Crippen LogP contribution in [0, 0.1) is 21.7 Å². The molecular weight excluding hydrogens is 200 g/mol. The Labute approximate surface area is 100 Å². The Hall–Kier alpha value is -0.0800. The Morgan fingerprint density at radius 2 is 0.875 bits per heavy atom. The topological polar surface area (TPSA) is 40.5 Å². The summed E-state index contributed by atoms with van der Waals surface area (Å²) in [7, 11) is 0. The Bertz CT molecular complexity index is 261. The lowest BCUT2D eigenvalue weighted by Gasteiger charge is -2.65. The van der Waals surface area contributed by atoms with E-state index in [9.17, 15) is 10.2 Å². The minimum absolute atomic E-state index is 0.131. The van der Waals surface area contributed by atoms with Gasteiger partial charge in [0.25, 0.3) is 0 Å². The molecule has 0 spiro atoms. The van der Waals surface area contributed by atoms with Gasteiger partial charge in [0.05, 0.1) is 12.2 Å². The average Bonchev–Trinajstić information content (AvgIpc) is 2.13. The number of hydrogen-bond acceptors (Lipinski definition) is 2. The van der Waals surface area contributed by atoms with Crippen LogP contribution in [0.1, 0.15) is 55.4 Å². The molecular formula is C14H28O2. The molecule has 0 aromatic carbocycles. The SMILES string of the molecule is CC1(C)C(O)C(C)(C)C(C)(C)C(C)(C)C1O. The van der Waals surface area contributed by atoms with Gasteiger partial charge in [-0.15, -0.1) is 0 Å². The highest BCUT2D eigenvalue weighted by Gasteiger charge is 2.65. The van der Waals surface area contributed by atoms with E-state index in [2.05, 4.69) is 41.5 Å². The molecule has 1 rings (SSSR count). The minimum atomic E-state index is -0.502. The van der Waals surface area contributed by atoms with Gasteiger partial charge in [-0.1, -0.05) is 55.4 Å². The second-order valence-corrected chi connectivity index (χ2v) is 7.69. The summed E-state index contributed by atoms with van der Waals surface area (Å²) < 4.78 is 0. The number of aliphatic hydroxyl groups excluding tert-OH is 2. The maximum atomic E-state index is 10.5. The van der Waals surface area contributed by atoms with Crippen molar-refractivity contribution in [2.24, 2.45) is 21.7 Å². The Morgan fingerprint density at radius 1 is 0.625 bits per heavy atom. The first kappa shape index (κ1) is 14.0. The highest BCUT2D eigenvalue weighted by atomic mass is 16.3. The van der Waals surface area contributed by atoms with E-state index >= 15 is 0 Å². The van der Waals surface area contributed by atoms with Gasteiger partial charge < -0.3 is 10.2 Å². The molecule has 2 unspecified atom stereocenters. The fourth-order valence-electron chi connectivity index (χ4n) is 3.52. The van der Waals surface area contributed by atoms with Crippen LogP contribution in [-0.4, -0.2) is 22.4 Å². The number of hydrogen-bond donors (Lipinski definition) is 2. The van der Waals surface area contributed by atoms with Crippen LogP contribution < -0.4 is 0 Å². The molecule has 0 saturated heterocycles. The second-order valence-electron chi connectivity index (χ2n) is 7.69. The fraction of sp³-hybridized carbons (Fsp3) is 1.00. The molecule has 1 saturated carbocycles. The lowest BCUT2D eigenvalue weighted by atomic mass is 9.41. The molecule has 16 heavy (non-hydrogen) atoms. The van der Waals surface area contributed by atoms with E-state index in [4.69, 9.17) is 0 Å². The van der Waals surface area contributed by atoms with E-state index in [0.717, 1.165) is 0 Å². The molecule has 0 radical (unpaired) electrons. The van der Waals surface area contributed by atoms with Crippen molar-refractivity contribution in [3.63, 3.8) is 0 Å². The van der Waals surface area contributed by atoms with E-state index < -0.39 is 17.6 Å². The van der Waals surface area contributed by atoms with E-state index in [0.29, 0.717) is 0 Å². The molecule has 2 nitrogen and oxygen atoms in total. The first-order valence-electron chi connectivity index (χ1n) is 6.17. The molecule has 2 heteroatoms. The van der Waals surface area contributed by atoms with E-state index in [1.54, 1.807) is 0 Å². The molecule has 1 fully saturated rings. The third kappa shape index (κ3) is 1.32. The van der Waals surface area contributed by atoms with Crippen molar-refractivity contribution in [1.82, 2.24) is 0 Å². The monoisotopic (exact) mass is 228 g/mol. The zero-order chi connectivity index (χ0) is 13.2. The zero-order valence-electron chi connectivity index (χ0n) is 12.0. The lowest BCUT2D eigenvalue weighted by Crippen LogP contribution is -2.68. The molecule has 2 atom stereocenters. The predicted molar refractivity (Wildman–Crippen MR) is 67.1 cm³/mol. The van der Waals surface area contributed by atoms with E-state index in [-0.39, 0.29) is 16.2 Å². The van der Waals surface area contributed by atoms with E-state index in [1.807, 2.05) is 13.8 Å². The molecule has 0 aromatic rings. The van der Waals surface area contributed by atoms with E-state index in [1.165, 1.54) is 0 Å². The Kier molecular flexibility index (Phi) is 2.82. The summed E-state index contributed by atoms with van der Waals surface area (Å²) in [6.07, 6.45) is -1.00. The van der Waals surface area contributed by atoms with Crippen molar-refractivity contribution in [2.75, 3.05) is 0 Å². The number of aliphatic hydroxyl groups is 2. The molecule has 0 heterocycles. The molecule has 0 aliphatic heterocycles. The van der Waals surface area contributed by atoms with Crippen molar-refractivity contribution in [3.05, 3.63) is 0 Å². The van der Waals surface area contributed by atoms with Gasteiger partial charge in [0, 0.05) is 5.41 Å². The molecule has 0 bridgehead atoms. The molecule has 1 aliphatic carbocycles.